The summed E-state index contributed by atoms with van der Waals surface area (Å²) < 4.78 is 0.610. The van der Waals surface area contributed by atoms with Crippen LogP contribution in [0.1, 0.15) is 0 Å². The molecule has 0 unspecified atom stereocenters. The van der Waals surface area contributed by atoms with E-state index >= 15 is 0 Å². The Bertz CT molecular complexity index is 477. The molecule has 2 aromatic heterocycles. The number of aromatic nitrogens is 2. The van der Waals surface area contributed by atoms with Crippen LogP contribution >= 0.6 is 22.9 Å². The number of rotatable bonds is 1. The molecule has 0 saturated heterocycles. The smallest absolute Gasteiger partial charge is 0.258 e. The zero-order valence-electron chi connectivity index (χ0n) is 6.45. The summed E-state index contributed by atoms with van der Waals surface area (Å²) in [5.41, 5.74) is 1.07. The Morgan fingerprint density at radius 2 is 2.31 bits per heavy atom. The maximum absolute atomic E-state index is 11.3. The molecule has 0 aliphatic heterocycles. The Morgan fingerprint density at radius 3 is 2.92 bits per heavy atom. The van der Waals surface area contributed by atoms with Gasteiger partial charge in [-0.3, -0.25) is 4.79 Å². The first-order valence-electron chi connectivity index (χ1n) is 3.55. The summed E-state index contributed by atoms with van der Waals surface area (Å²) in [6, 6.07) is 1.80. The number of nitrogens with zero attached hydrogens (tertiary/aromatic N) is 1. The van der Waals surface area contributed by atoms with Crippen LogP contribution in [0.25, 0.3) is 11.1 Å². The second-order valence-corrected chi connectivity index (χ2v) is 3.92. The van der Waals surface area contributed by atoms with Gasteiger partial charge in [-0.2, -0.15) is 0 Å². The van der Waals surface area contributed by atoms with Gasteiger partial charge in [0.2, 0.25) is 0 Å². The summed E-state index contributed by atoms with van der Waals surface area (Å²) in [5, 5.41) is 1.84. The Hall–Kier alpha value is -1.13. The lowest BCUT2D eigenvalue weighted by molar-refractivity contribution is 1.12. The normalized spacial score (nSPS) is 10.2. The zero-order valence-corrected chi connectivity index (χ0v) is 8.02. The van der Waals surface area contributed by atoms with Gasteiger partial charge in [0.25, 0.3) is 5.56 Å². The SMILES string of the molecule is O=c1[nH]cncc1-c1ccsc1Cl. The number of H-pyrrole nitrogens is 1. The average molecular weight is 213 g/mol. The first-order chi connectivity index (χ1) is 6.29. The lowest BCUT2D eigenvalue weighted by atomic mass is 10.2. The second-order valence-electron chi connectivity index (χ2n) is 2.40. The molecule has 2 heterocycles. The van der Waals surface area contributed by atoms with Gasteiger partial charge in [0.1, 0.15) is 4.34 Å². The summed E-state index contributed by atoms with van der Waals surface area (Å²) in [7, 11) is 0. The first-order valence-corrected chi connectivity index (χ1v) is 4.81. The molecule has 0 bridgehead atoms. The van der Waals surface area contributed by atoms with Crippen LogP contribution < -0.4 is 5.56 Å². The molecule has 66 valence electrons. The third-order valence-electron chi connectivity index (χ3n) is 1.63. The molecule has 0 atom stereocenters. The van der Waals surface area contributed by atoms with E-state index in [0.717, 1.165) is 5.56 Å². The topological polar surface area (TPSA) is 45.8 Å². The molecule has 0 radical (unpaired) electrons. The van der Waals surface area contributed by atoms with Crippen molar-refractivity contribution in [2.45, 2.75) is 0 Å². The van der Waals surface area contributed by atoms with Crippen molar-refractivity contribution in [1.29, 1.82) is 0 Å². The van der Waals surface area contributed by atoms with Gasteiger partial charge in [0, 0.05) is 11.8 Å². The Labute approximate surface area is 83.0 Å². The van der Waals surface area contributed by atoms with Crippen molar-refractivity contribution in [3.63, 3.8) is 0 Å². The van der Waals surface area contributed by atoms with E-state index in [0.29, 0.717) is 9.90 Å². The van der Waals surface area contributed by atoms with Crippen molar-refractivity contribution < 1.29 is 0 Å². The molecule has 0 aliphatic rings. The second kappa shape index (κ2) is 3.32. The van der Waals surface area contributed by atoms with Gasteiger partial charge in [0.05, 0.1) is 11.9 Å². The molecule has 0 spiro atoms. The fourth-order valence-electron chi connectivity index (χ4n) is 1.02. The maximum atomic E-state index is 11.3. The molecule has 2 aromatic rings. The number of halogens is 1. The molecule has 3 nitrogen and oxygen atoms in total. The van der Waals surface area contributed by atoms with Crippen LogP contribution in [0.15, 0.2) is 28.8 Å². The number of nitrogens with one attached hydrogen (secondary N) is 1. The largest absolute Gasteiger partial charge is 0.313 e. The standard InChI is InChI=1S/C8H5ClN2OS/c9-7-5(1-2-13-7)6-3-10-4-11-8(6)12/h1-4H,(H,10,11,12). The maximum Gasteiger partial charge on any atom is 0.258 e. The molecule has 0 saturated carbocycles. The molecule has 2 rings (SSSR count). The summed E-state index contributed by atoms with van der Waals surface area (Å²) in [4.78, 5) is 17.6. The van der Waals surface area contributed by atoms with Gasteiger partial charge in [0.15, 0.2) is 0 Å². The van der Waals surface area contributed by atoms with Crippen LogP contribution in [-0.4, -0.2) is 9.97 Å². The quantitative estimate of drug-likeness (QED) is 0.788. The van der Waals surface area contributed by atoms with Crippen LogP contribution in [0.3, 0.4) is 0 Å². The highest BCUT2D eigenvalue weighted by atomic mass is 35.5. The van der Waals surface area contributed by atoms with E-state index < -0.39 is 0 Å². The van der Waals surface area contributed by atoms with Crippen LogP contribution in [-0.2, 0) is 0 Å². The van der Waals surface area contributed by atoms with Gasteiger partial charge in [-0.05, 0) is 11.4 Å². The van der Waals surface area contributed by atoms with Gasteiger partial charge >= 0.3 is 0 Å². The highest BCUT2D eigenvalue weighted by Crippen LogP contribution is 2.29. The van der Waals surface area contributed by atoms with E-state index in [2.05, 4.69) is 9.97 Å². The van der Waals surface area contributed by atoms with E-state index in [9.17, 15) is 4.79 Å². The van der Waals surface area contributed by atoms with Crippen molar-refractivity contribution in [1.82, 2.24) is 9.97 Å². The van der Waals surface area contributed by atoms with Crippen LogP contribution in [0, 0.1) is 0 Å². The molecular formula is C8H5ClN2OS. The predicted molar refractivity (Wildman–Crippen MR) is 53.2 cm³/mol. The summed E-state index contributed by atoms with van der Waals surface area (Å²) in [6.45, 7) is 0. The fourth-order valence-corrected chi connectivity index (χ4v) is 1.97. The minimum absolute atomic E-state index is 0.171. The molecule has 5 heteroatoms. The van der Waals surface area contributed by atoms with E-state index in [-0.39, 0.29) is 5.56 Å². The van der Waals surface area contributed by atoms with Crippen LogP contribution in [0.5, 0.6) is 0 Å². The molecule has 0 aliphatic carbocycles. The predicted octanol–water partition coefficient (Wildman–Crippen LogP) is 2.15. The number of aromatic amines is 1. The molecule has 0 amide bonds. The molecule has 0 fully saturated rings. The molecule has 0 aromatic carbocycles. The lowest BCUT2D eigenvalue weighted by Gasteiger charge is -1.94. The lowest BCUT2D eigenvalue weighted by Crippen LogP contribution is -2.07. The van der Waals surface area contributed by atoms with Crippen molar-refractivity contribution >= 4 is 22.9 Å². The number of thiophene rings is 1. The minimum atomic E-state index is -0.171. The molecular weight excluding hydrogens is 208 g/mol. The van der Waals surface area contributed by atoms with Gasteiger partial charge < -0.3 is 4.98 Å². The minimum Gasteiger partial charge on any atom is -0.313 e. The molecule has 13 heavy (non-hydrogen) atoms. The van der Waals surface area contributed by atoms with E-state index in [1.54, 1.807) is 6.07 Å². The Kier molecular flexibility index (Phi) is 2.16. The van der Waals surface area contributed by atoms with Crippen molar-refractivity contribution in [3.8, 4) is 11.1 Å². The van der Waals surface area contributed by atoms with Crippen LogP contribution in [0.2, 0.25) is 4.34 Å². The summed E-state index contributed by atoms with van der Waals surface area (Å²) >= 11 is 7.28. The highest BCUT2D eigenvalue weighted by Gasteiger charge is 2.07. The first kappa shape index (κ1) is 8.47. The summed E-state index contributed by atoms with van der Waals surface area (Å²) in [5.74, 6) is 0. The zero-order chi connectivity index (χ0) is 9.26. The third-order valence-corrected chi connectivity index (χ3v) is 2.80. The van der Waals surface area contributed by atoms with E-state index in [1.165, 1.54) is 23.9 Å². The van der Waals surface area contributed by atoms with Crippen molar-refractivity contribution in [3.05, 3.63) is 38.7 Å². The number of hydrogen-bond acceptors (Lipinski definition) is 3. The van der Waals surface area contributed by atoms with Gasteiger partial charge in [-0.1, -0.05) is 11.6 Å². The number of hydrogen-bond donors (Lipinski definition) is 1. The Morgan fingerprint density at radius 1 is 1.46 bits per heavy atom. The van der Waals surface area contributed by atoms with E-state index in [1.807, 2.05) is 5.38 Å². The molecule has 1 N–H and O–H groups in total. The highest BCUT2D eigenvalue weighted by molar-refractivity contribution is 7.15. The van der Waals surface area contributed by atoms with Crippen molar-refractivity contribution in [2.24, 2.45) is 0 Å². The van der Waals surface area contributed by atoms with Gasteiger partial charge in [-0.15, -0.1) is 11.3 Å². The third kappa shape index (κ3) is 1.50. The van der Waals surface area contributed by atoms with Crippen molar-refractivity contribution in [2.75, 3.05) is 0 Å². The fraction of sp³-hybridized carbons (Fsp3) is 0. The van der Waals surface area contributed by atoms with Crippen LogP contribution in [0.4, 0.5) is 0 Å². The average Bonchev–Trinajstić information content (AvgIpc) is 2.52. The monoisotopic (exact) mass is 212 g/mol. The summed E-state index contributed by atoms with van der Waals surface area (Å²) in [6.07, 6.45) is 2.86. The van der Waals surface area contributed by atoms with E-state index in [4.69, 9.17) is 11.6 Å². The Balaban J connectivity index is 2.66. The van der Waals surface area contributed by atoms with Gasteiger partial charge in [-0.25, -0.2) is 4.98 Å².